The molecule has 2 saturated heterocycles. The summed E-state index contributed by atoms with van der Waals surface area (Å²) >= 11 is 0. The van der Waals surface area contributed by atoms with Gasteiger partial charge in [-0.1, -0.05) is 36.4 Å². The number of hydrogen-bond acceptors (Lipinski definition) is 5. The van der Waals surface area contributed by atoms with E-state index in [4.69, 9.17) is 0 Å². The molecule has 2 fully saturated rings. The molecule has 3 aromatic carbocycles. The van der Waals surface area contributed by atoms with Crippen LogP contribution in [0.5, 0.6) is 0 Å². The van der Waals surface area contributed by atoms with Crippen LogP contribution in [0.25, 0.3) is 0 Å². The van der Waals surface area contributed by atoms with Gasteiger partial charge in [-0.25, -0.2) is 13.6 Å². The Morgan fingerprint density at radius 1 is 0.907 bits per heavy atom. The highest BCUT2D eigenvalue weighted by atomic mass is 19.1. The lowest BCUT2D eigenvalue weighted by Crippen LogP contribution is -2.56. The Hall–Kier alpha value is -4.31. The molecule has 3 aliphatic heterocycles. The third-order valence-electron chi connectivity index (χ3n) is 9.15. The molecule has 0 radical (unpaired) electrons. The van der Waals surface area contributed by atoms with Crippen molar-refractivity contribution in [3.05, 3.63) is 95.3 Å². The summed E-state index contributed by atoms with van der Waals surface area (Å²) in [5.41, 5.74) is -0.407. The number of alkyl halides is 1. The molecule has 3 heterocycles. The van der Waals surface area contributed by atoms with E-state index in [0.29, 0.717) is 62.3 Å². The number of hydrogen-bond donors (Lipinski definition) is 1. The Morgan fingerprint density at radius 3 is 2.30 bits per heavy atom. The van der Waals surface area contributed by atoms with E-state index in [1.165, 1.54) is 30.0 Å². The molecule has 6 rings (SSSR count). The van der Waals surface area contributed by atoms with Crippen LogP contribution in [-0.4, -0.2) is 71.1 Å². The van der Waals surface area contributed by atoms with E-state index in [1.54, 1.807) is 59.5 Å². The number of halogens is 2. The number of nitrogens with zero attached hydrogens (tertiary/aromatic N) is 4. The van der Waals surface area contributed by atoms with Crippen molar-refractivity contribution in [2.24, 2.45) is 0 Å². The zero-order chi connectivity index (χ0) is 30.4. The van der Waals surface area contributed by atoms with Gasteiger partial charge in [-0.3, -0.25) is 9.59 Å². The van der Waals surface area contributed by atoms with Crippen LogP contribution in [0.3, 0.4) is 0 Å². The largest absolute Gasteiger partial charge is 0.478 e. The Morgan fingerprint density at radius 2 is 1.58 bits per heavy atom. The van der Waals surface area contributed by atoms with Crippen molar-refractivity contribution in [2.45, 2.75) is 43.9 Å². The Labute approximate surface area is 249 Å². The summed E-state index contributed by atoms with van der Waals surface area (Å²) in [6, 6.07) is 19.8. The summed E-state index contributed by atoms with van der Waals surface area (Å²) in [6.45, 7) is 4.08. The van der Waals surface area contributed by atoms with Crippen LogP contribution >= 0.6 is 0 Å². The number of anilines is 2. The van der Waals surface area contributed by atoms with Gasteiger partial charge in [-0.05, 0) is 74.7 Å². The number of likely N-dealkylation sites (tertiary alicyclic amines) is 1. The molecule has 0 aromatic heterocycles. The summed E-state index contributed by atoms with van der Waals surface area (Å²) in [4.78, 5) is 46.2. The van der Waals surface area contributed by atoms with Crippen LogP contribution in [0.1, 0.15) is 47.7 Å². The molecule has 3 aromatic rings. The highest BCUT2D eigenvalue weighted by molar-refractivity contribution is 6.06. The zero-order valence-electron chi connectivity index (χ0n) is 24.0. The predicted octanol–water partition coefficient (Wildman–Crippen LogP) is 4.79. The van der Waals surface area contributed by atoms with Gasteiger partial charge in [0.05, 0.1) is 17.9 Å². The number of amides is 2. The number of piperidine rings is 1. The number of aromatic carboxylic acids is 1. The van der Waals surface area contributed by atoms with Crippen molar-refractivity contribution in [1.82, 2.24) is 9.80 Å². The van der Waals surface area contributed by atoms with Crippen molar-refractivity contribution < 1.29 is 28.3 Å². The second-order valence-corrected chi connectivity index (χ2v) is 11.7. The van der Waals surface area contributed by atoms with E-state index in [-0.39, 0.29) is 30.5 Å². The van der Waals surface area contributed by atoms with Gasteiger partial charge < -0.3 is 24.7 Å². The second-order valence-electron chi connectivity index (χ2n) is 11.7. The minimum absolute atomic E-state index is 0.0711. The molecule has 0 bridgehead atoms. The summed E-state index contributed by atoms with van der Waals surface area (Å²) < 4.78 is 29.0. The number of carboxylic acids is 1. The number of benzene rings is 3. The minimum atomic E-state index is -2.03. The van der Waals surface area contributed by atoms with E-state index >= 15 is 4.39 Å². The minimum Gasteiger partial charge on any atom is -0.478 e. The number of rotatable bonds is 8. The molecular formula is C33H34F2N4O4. The topological polar surface area (TPSA) is 84.4 Å². The predicted molar refractivity (Wildman–Crippen MR) is 158 cm³/mol. The maximum Gasteiger partial charge on any atom is 0.336 e. The van der Waals surface area contributed by atoms with Gasteiger partial charge in [-0.15, -0.1) is 0 Å². The van der Waals surface area contributed by atoms with E-state index in [2.05, 4.69) is 4.90 Å². The monoisotopic (exact) mass is 588 g/mol. The lowest BCUT2D eigenvalue weighted by atomic mass is 9.85. The quantitative estimate of drug-likeness (QED) is 0.408. The first-order valence-electron chi connectivity index (χ1n) is 14.6. The van der Waals surface area contributed by atoms with Gasteiger partial charge in [0.25, 0.3) is 5.91 Å². The lowest BCUT2D eigenvalue weighted by Gasteiger charge is -2.43. The molecule has 1 atom stereocenters. The molecule has 224 valence electrons. The molecule has 43 heavy (non-hydrogen) atoms. The first-order chi connectivity index (χ1) is 20.6. The average molecular weight is 589 g/mol. The van der Waals surface area contributed by atoms with E-state index in [0.717, 1.165) is 5.69 Å². The van der Waals surface area contributed by atoms with Crippen molar-refractivity contribution in [2.75, 3.05) is 42.6 Å². The summed E-state index contributed by atoms with van der Waals surface area (Å²) in [5, 5.41) is 9.67. The number of carbonyl (C=O) groups is 3. The van der Waals surface area contributed by atoms with E-state index < -0.39 is 23.1 Å². The third-order valence-corrected chi connectivity index (χ3v) is 9.15. The summed E-state index contributed by atoms with van der Waals surface area (Å²) in [5.74, 6) is -2.02. The second kappa shape index (κ2) is 11.1. The number of carboxylic acid groups (broad SMARTS) is 1. The lowest BCUT2D eigenvalue weighted by molar-refractivity contribution is -0.134. The van der Waals surface area contributed by atoms with Gasteiger partial charge in [0.1, 0.15) is 11.4 Å². The van der Waals surface area contributed by atoms with Crippen molar-refractivity contribution in [3.8, 4) is 0 Å². The third kappa shape index (κ3) is 5.03. The maximum absolute atomic E-state index is 15.2. The SMILES string of the molecule is CC1(F)C(=O)N(CCCN2CCC3(CC2)C(=O)N(Cc2ccccc2C(=O)O)CN3c2ccc(F)cc2)c2ccccc21. The molecular weight excluding hydrogens is 554 g/mol. The highest BCUT2D eigenvalue weighted by Crippen LogP contribution is 2.43. The molecule has 8 nitrogen and oxygen atoms in total. The van der Waals surface area contributed by atoms with E-state index in [9.17, 15) is 23.9 Å². The molecule has 1 unspecified atom stereocenters. The van der Waals surface area contributed by atoms with Crippen molar-refractivity contribution in [1.29, 1.82) is 0 Å². The average Bonchev–Trinajstić information content (AvgIpc) is 3.37. The van der Waals surface area contributed by atoms with Gasteiger partial charge in [0.2, 0.25) is 11.6 Å². The first kappa shape index (κ1) is 28.8. The van der Waals surface area contributed by atoms with Crippen LogP contribution in [-0.2, 0) is 21.8 Å². The van der Waals surface area contributed by atoms with Gasteiger partial charge in [0, 0.05) is 37.4 Å². The fourth-order valence-corrected chi connectivity index (χ4v) is 6.81. The van der Waals surface area contributed by atoms with E-state index in [1.807, 2.05) is 4.90 Å². The fourth-order valence-electron chi connectivity index (χ4n) is 6.81. The molecule has 0 saturated carbocycles. The standard InChI is InChI=1S/C33H34F2N4O4/c1-32(35)27-9-4-5-10-28(27)38(30(32)42)18-6-17-36-19-15-33(16-20-36)31(43)37(21-23-7-2-3-8-26(23)29(40)41)22-39(33)25-13-11-24(34)12-14-25/h2-5,7-14H,6,15-22H2,1H3,(H,40,41). The van der Waals surface area contributed by atoms with Crippen LogP contribution < -0.4 is 9.80 Å². The highest BCUT2D eigenvalue weighted by Gasteiger charge is 2.54. The van der Waals surface area contributed by atoms with Gasteiger partial charge >= 0.3 is 5.97 Å². The molecule has 0 aliphatic carbocycles. The number of carbonyl (C=O) groups excluding carboxylic acids is 2. The van der Waals surface area contributed by atoms with Crippen LogP contribution in [0.2, 0.25) is 0 Å². The Balaban J connectivity index is 1.15. The van der Waals surface area contributed by atoms with Crippen LogP contribution in [0.4, 0.5) is 20.2 Å². The fraction of sp³-hybridized carbons (Fsp3) is 0.364. The molecule has 10 heteroatoms. The van der Waals surface area contributed by atoms with Gasteiger partial charge in [0.15, 0.2) is 0 Å². The maximum atomic E-state index is 15.2. The molecule has 1 N–H and O–H groups in total. The number of para-hydroxylation sites is 1. The Bertz CT molecular complexity index is 1550. The molecule has 3 aliphatic rings. The molecule has 1 spiro atoms. The normalized spacial score (nSPS) is 21.6. The smallest absolute Gasteiger partial charge is 0.336 e. The van der Waals surface area contributed by atoms with Crippen molar-refractivity contribution in [3.63, 3.8) is 0 Å². The Kier molecular flexibility index (Phi) is 7.41. The first-order valence-corrected chi connectivity index (χ1v) is 14.6. The summed E-state index contributed by atoms with van der Waals surface area (Å²) in [6.07, 6.45) is 1.72. The van der Waals surface area contributed by atoms with Crippen LogP contribution in [0.15, 0.2) is 72.8 Å². The molecule has 2 amide bonds. The summed E-state index contributed by atoms with van der Waals surface area (Å²) in [7, 11) is 0. The van der Waals surface area contributed by atoms with Crippen molar-refractivity contribution >= 4 is 29.2 Å². The van der Waals surface area contributed by atoms with Crippen LogP contribution in [0, 0.1) is 5.82 Å². The number of fused-ring (bicyclic) bond motifs is 1. The zero-order valence-corrected chi connectivity index (χ0v) is 24.0. The van der Waals surface area contributed by atoms with Gasteiger partial charge in [-0.2, -0.15) is 0 Å².